The lowest BCUT2D eigenvalue weighted by Gasteiger charge is -2.05. The predicted molar refractivity (Wildman–Crippen MR) is 101 cm³/mol. The molecule has 1 nitrogen and oxygen atoms in total. The second kappa shape index (κ2) is 13.5. The van der Waals surface area contributed by atoms with Crippen LogP contribution in [-0.4, -0.2) is 0 Å². The molecule has 120 valence electrons. The minimum Gasteiger partial charge on any atom is -0.193 e. The lowest BCUT2D eigenvalue weighted by molar-refractivity contribution is -0.694. The van der Waals surface area contributed by atoms with Gasteiger partial charge in [0.1, 0.15) is 0 Å². The molecule has 0 N–H and O–H groups in total. The zero-order valence-corrected chi connectivity index (χ0v) is 15.9. The lowest BCUT2D eigenvalue weighted by Crippen LogP contribution is -2.34. The summed E-state index contributed by atoms with van der Waals surface area (Å²) in [7, 11) is 0. The van der Waals surface area contributed by atoms with Crippen molar-refractivity contribution >= 4 is 22.6 Å². The largest absolute Gasteiger partial charge is 0.207 e. The van der Waals surface area contributed by atoms with E-state index >= 15 is 0 Å². The van der Waals surface area contributed by atoms with Crippen LogP contribution in [0, 0.1) is 0 Å². The molecule has 2 heteroatoms. The molecule has 0 amide bonds. The normalized spacial score (nSPS) is 12.5. The minimum atomic E-state index is 0.613. The Labute approximate surface area is 145 Å². The van der Waals surface area contributed by atoms with Gasteiger partial charge in [0, 0.05) is 18.6 Å². The van der Waals surface area contributed by atoms with Crippen LogP contribution in [-0.2, 0) is 0 Å². The molecule has 1 aromatic rings. The molecule has 1 atom stereocenters. The molecule has 21 heavy (non-hydrogen) atoms. The monoisotopic (exact) mass is 402 g/mol. The molecule has 1 unspecified atom stereocenters. The maximum atomic E-state index is 2.56. The average Bonchev–Trinajstić information content (AvgIpc) is 2.53. The van der Waals surface area contributed by atoms with Gasteiger partial charge in [0.05, 0.1) is 0 Å². The first kappa shape index (κ1) is 18.9. The Morgan fingerprint density at radius 2 is 1.19 bits per heavy atom. The second-order valence-electron chi connectivity index (χ2n) is 6.08. The molecule has 0 spiro atoms. The van der Waals surface area contributed by atoms with Crippen LogP contribution in [0.25, 0.3) is 0 Å². The summed E-state index contributed by atoms with van der Waals surface area (Å²) in [5, 5.41) is 0. The van der Waals surface area contributed by atoms with E-state index in [0.717, 1.165) is 0 Å². The van der Waals surface area contributed by atoms with E-state index in [1.807, 2.05) is 0 Å². The van der Waals surface area contributed by atoms with E-state index in [9.17, 15) is 0 Å². The van der Waals surface area contributed by atoms with Crippen molar-refractivity contribution in [1.29, 1.82) is 0 Å². The molecule has 0 aromatic carbocycles. The van der Waals surface area contributed by atoms with Crippen LogP contribution in [0.4, 0.5) is 0 Å². The summed E-state index contributed by atoms with van der Waals surface area (Å²) in [5.41, 5.74) is 0. The molecule has 1 aromatic heterocycles. The number of alkyl halides is 1. The Balaban J connectivity index is 1.86. The highest BCUT2D eigenvalue weighted by Gasteiger charge is 2.11. The molecule has 0 aliphatic carbocycles. The number of hydrogen-bond acceptors (Lipinski definition) is 0. The number of rotatable bonds is 13. The first-order chi connectivity index (χ1) is 10.3. The van der Waals surface area contributed by atoms with Crippen LogP contribution in [0.2, 0.25) is 0 Å². The Hall–Kier alpha value is -0.120. The standard InChI is InChI=1S/C19H33IN/c1-2-3-4-5-6-7-8-9-10-11-13-16-19(20)21-17-14-12-15-18-21/h12,14-15,17-19H,2-11,13,16H2,1H3/q+1. The molecule has 1 heterocycles. The number of aromatic nitrogens is 1. The number of halogens is 1. The fourth-order valence-electron chi connectivity index (χ4n) is 2.72. The fourth-order valence-corrected chi connectivity index (χ4v) is 3.54. The summed E-state index contributed by atoms with van der Waals surface area (Å²) in [6.45, 7) is 2.29. The smallest absolute Gasteiger partial charge is 0.193 e. The Morgan fingerprint density at radius 3 is 1.71 bits per heavy atom. The van der Waals surface area contributed by atoms with Crippen molar-refractivity contribution in [3.63, 3.8) is 0 Å². The van der Waals surface area contributed by atoms with E-state index in [0.29, 0.717) is 4.05 Å². The van der Waals surface area contributed by atoms with Crippen LogP contribution >= 0.6 is 22.6 Å². The van der Waals surface area contributed by atoms with Gasteiger partial charge in [0.15, 0.2) is 12.4 Å². The Bertz CT molecular complexity index is 326. The van der Waals surface area contributed by atoms with Crippen LogP contribution in [0.15, 0.2) is 30.6 Å². The van der Waals surface area contributed by atoms with Gasteiger partial charge in [-0.3, -0.25) is 0 Å². The third-order valence-corrected chi connectivity index (χ3v) is 5.37. The minimum absolute atomic E-state index is 0.613. The highest BCUT2D eigenvalue weighted by atomic mass is 127. The van der Waals surface area contributed by atoms with Crippen molar-refractivity contribution in [2.75, 3.05) is 0 Å². The summed E-state index contributed by atoms with van der Waals surface area (Å²) < 4.78 is 2.93. The summed E-state index contributed by atoms with van der Waals surface area (Å²) >= 11 is 2.56. The summed E-state index contributed by atoms with van der Waals surface area (Å²) in [6.07, 6.45) is 21.4. The first-order valence-corrected chi connectivity index (χ1v) is 10.2. The molecule has 0 radical (unpaired) electrons. The van der Waals surface area contributed by atoms with E-state index in [-0.39, 0.29) is 0 Å². The van der Waals surface area contributed by atoms with Crippen molar-refractivity contribution in [2.45, 2.75) is 88.0 Å². The van der Waals surface area contributed by atoms with E-state index in [1.165, 1.54) is 77.0 Å². The van der Waals surface area contributed by atoms with Gasteiger partial charge >= 0.3 is 0 Å². The second-order valence-corrected chi connectivity index (χ2v) is 7.52. The first-order valence-electron chi connectivity index (χ1n) is 8.94. The van der Waals surface area contributed by atoms with Gasteiger partial charge in [0.2, 0.25) is 4.05 Å². The molecule has 0 fully saturated rings. The Kier molecular flexibility index (Phi) is 12.2. The summed E-state index contributed by atoms with van der Waals surface area (Å²) in [4.78, 5) is 0. The molecule has 0 saturated heterocycles. The number of pyridine rings is 1. The van der Waals surface area contributed by atoms with Crippen LogP contribution in [0.1, 0.15) is 88.0 Å². The van der Waals surface area contributed by atoms with Gasteiger partial charge in [-0.1, -0.05) is 77.2 Å². The number of nitrogens with zero attached hydrogens (tertiary/aromatic N) is 1. The summed E-state index contributed by atoms with van der Waals surface area (Å²) in [6, 6.07) is 6.32. The molecule has 0 bridgehead atoms. The third-order valence-electron chi connectivity index (χ3n) is 4.11. The topological polar surface area (TPSA) is 3.88 Å². The SMILES string of the molecule is CCCCCCCCCCCCCC(I)[n+]1ccccc1. The maximum Gasteiger partial charge on any atom is 0.207 e. The molecular weight excluding hydrogens is 369 g/mol. The van der Waals surface area contributed by atoms with E-state index < -0.39 is 0 Å². The maximum absolute atomic E-state index is 2.56. The van der Waals surface area contributed by atoms with Crippen molar-refractivity contribution in [3.05, 3.63) is 30.6 Å². The van der Waals surface area contributed by atoms with Gasteiger partial charge in [-0.2, -0.15) is 4.57 Å². The van der Waals surface area contributed by atoms with Crippen molar-refractivity contribution in [1.82, 2.24) is 0 Å². The van der Waals surface area contributed by atoms with Crippen LogP contribution in [0.5, 0.6) is 0 Å². The van der Waals surface area contributed by atoms with Gasteiger partial charge in [0.25, 0.3) is 0 Å². The highest BCUT2D eigenvalue weighted by molar-refractivity contribution is 14.1. The van der Waals surface area contributed by atoms with E-state index in [1.54, 1.807) is 0 Å². The van der Waals surface area contributed by atoms with Gasteiger partial charge in [-0.25, -0.2) is 0 Å². The van der Waals surface area contributed by atoms with Crippen LogP contribution in [0.3, 0.4) is 0 Å². The zero-order chi connectivity index (χ0) is 15.2. The lowest BCUT2D eigenvalue weighted by atomic mass is 10.1. The molecule has 1 rings (SSSR count). The average molecular weight is 402 g/mol. The van der Waals surface area contributed by atoms with Crippen molar-refractivity contribution in [3.8, 4) is 0 Å². The molecule has 0 aliphatic heterocycles. The van der Waals surface area contributed by atoms with Crippen molar-refractivity contribution in [2.24, 2.45) is 0 Å². The third kappa shape index (κ3) is 10.3. The van der Waals surface area contributed by atoms with Crippen LogP contribution < -0.4 is 4.57 Å². The molecule has 0 aliphatic rings. The highest BCUT2D eigenvalue weighted by Crippen LogP contribution is 2.18. The molecule has 0 saturated carbocycles. The van der Waals surface area contributed by atoms with Gasteiger partial charge in [-0.05, 0) is 29.0 Å². The number of unbranched alkanes of at least 4 members (excludes halogenated alkanes) is 10. The predicted octanol–water partition coefficient (Wildman–Crippen LogP) is 6.61. The summed E-state index contributed by atoms with van der Waals surface area (Å²) in [5.74, 6) is 0. The zero-order valence-electron chi connectivity index (χ0n) is 13.8. The Morgan fingerprint density at radius 1 is 0.714 bits per heavy atom. The quantitative estimate of drug-likeness (QED) is 0.151. The van der Waals surface area contributed by atoms with Gasteiger partial charge < -0.3 is 0 Å². The van der Waals surface area contributed by atoms with Crippen molar-refractivity contribution < 1.29 is 4.57 Å². The van der Waals surface area contributed by atoms with E-state index in [4.69, 9.17) is 0 Å². The fraction of sp³-hybridized carbons (Fsp3) is 0.737. The van der Waals surface area contributed by atoms with E-state index in [2.05, 4.69) is 64.7 Å². The molecular formula is C19H33IN+. The number of hydrogen-bond donors (Lipinski definition) is 0. The van der Waals surface area contributed by atoms with Gasteiger partial charge in [-0.15, -0.1) is 0 Å².